The van der Waals surface area contributed by atoms with Crippen LogP contribution in [0.4, 0.5) is 0 Å². The molecule has 1 aliphatic carbocycles. The van der Waals surface area contributed by atoms with Gasteiger partial charge in [0.15, 0.2) is 0 Å². The monoisotopic (exact) mass is 633 g/mol. The van der Waals surface area contributed by atoms with Crippen molar-refractivity contribution in [2.75, 3.05) is 0 Å². The predicted molar refractivity (Wildman–Crippen MR) is 201 cm³/mol. The second-order valence-electron chi connectivity index (χ2n) is 13.6. The van der Waals surface area contributed by atoms with Crippen molar-refractivity contribution < 1.29 is 7.16 Å². The Bertz CT molecular complexity index is 2880. The van der Waals surface area contributed by atoms with Gasteiger partial charge in [0.05, 0.1) is 22.3 Å². The summed E-state index contributed by atoms with van der Waals surface area (Å²) in [5.41, 5.74) is 12.0. The number of benzene rings is 6. The van der Waals surface area contributed by atoms with Crippen molar-refractivity contribution >= 4 is 43.9 Å². The minimum absolute atomic E-state index is 0.162. The molecule has 0 N–H and O–H groups in total. The quantitative estimate of drug-likeness (QED) is 0.194. The second kappa shape index (κ2) is 10.2. The van der Waals surface area contributed by atoms with E-state index in [0.29, 0.717) is 22.6 Å². The molecule has 0 amide bonds. The average Bonchev–Trinajstić information content (AvgIpc) is 3.79. The standard InChI is InChI=1S/C45H33N3O/c1-27-24-36-32-16-9-10-19-37(32)45(2,3)38(36)26-40(27)48-39-23-20-29-14-7-8-15-31(29)41(39)47-43(48)35-18-11-17-33-34-22-21-30(46-44(34)49-42(33)35)25-28-12-5-4-6-13-28/h4-24,26H,25H2,1-3H3/i25D2. The Kier molecular flexibility index (Phi) is 5.44. The maximum absolute atomic E-state index is 8.94. The minimum Gasteiger partial charge on any atom is -0.437 e. The Morgan fingerprint density at radius 2 is 1.45 bits per heavy atom. The third kappa shape index (κ3) is 4.10. The van der Waals surface area contributed by atoms with Crippen LogP contribution in [0.2, 0.25) is 0 Å². The molecule has 234 valence electrons. The number of pyridine rings is 1. The molecular weight excluding hydrogens is 599 g/mol. The second-order valence-corrected chi connectivity index (χ2v) is 13.6. The summed E-state index contributed by atoms with van der Waals surface area (Å²) in [6.07, 6.45) is -1.79. The van der Waals surface area contributed by atoms with Crippen molar-refractivity contribution in [2.24, 2.45) is 0 Å². The van der Waals surface area contributed by atoms with Crippen LogP contribution in [0.25, 0.3) is 72.1 Å². The number of aryl methyl sites for hydroxylation is 1. The van der Waals surface area contributed by atoms with Gasteiger partial charge >= 0.3 is 0 Å². The molecule has 0 saturated carbocycles. The van der Waals surface area contributed by atoms with Gasteiger partial charge in [-0.2, -0.15) is 0 Å². The fraction of sp³-hybridized carbons (Fsp3) is 0.111. The van der Waals surface area contributed by atoms with Gasteiger partial charge in [0, 0.05) is 36.4 Å². The third-order valence-corrected chi connectivity index (χ3v) is 10.3. The Balaban J connectivity index is 1.24. The van der Waals surface area contributed by atoms with Gasteiger partial charge in [-0.05, 0) is 82.1 Å². The van der Waals surface area contributed by atoms with Crippen LogP contribution in [0.3, 0.4) is 0 Å². The molecule has 0 fully saturated rings. The van der Waals surface area contributed by atoms with Crippen LogP contribution in [0.15, 0.2) is 138 Å². The predicted octanol–water partition coefficient (Wildman–Crippen LogP) is 11.3. The Morgan fingerprint density at radius 3 is 2.35 bits per heavy atom. The minimum atomic E-state index is -1.79. The summed E-state index contributed by atoms with van der Waals surface area (Å²) < 4.78 is 26.8. The molecule has 0 aliphatic heterocycles. The highest BCUT2D eigenvalue weighted by Crippen LogP contribution is 2.50. The topological polar surface area (TPSA) is 43.9 Å². The lowest BCUT2D eigenvalue weighted by molar-refractivity contribution is 0.652. The molecule has 4 heteroatoms. The van der Waals surface area contributed by atoms with Crippen LogP contribution in [0, 0.1) is 6.92 Å². The van der Waals surface area contributed by atoms with Gasteiger partial charge in [0.2, 0.25) is 5.71 Å². The zero-order valence-electron chi connectivity index (χ0n) is 29.5. The first-order chi connectivity index (χ1) is 24.7. The van der Waals surface area contributed by atoms with E-state index in [1.807, 2.05) is 36.4 Å². The number of aromatic nitrogens is 3. The Labute approximate surface area is 287 Å². The summed E-state index contributed by atoms with van der Waals surface area (Å²) in [7, 11) is 0. The van der Waals surface area contributed by atoms with Gasteiger partial charge in [0.1, 0.15) is 11.4 Å². The molecule has 1 aliphatic rings. The van der Waals surface area contributed by atoms with Gasteiger partial charge in [-0.25, -0.2) is 9.97 Å². The highest BCUT2D eigenvalue weighted by molar-refractivity contribution is 6.10. The van der Waals surface area contributed by atoms with Gasteiger partial charge < -0.3 is 4.42 Å². The van der Waals surface area contributed by atoms with Crippen LogP contribution in [0.5, 0.6) is 0 Å². The van der Waals surface area contributed by atoms with E-state index < -0.39 is 6.37 Å². The number of imidazole rings is 1. The van der Waals surface area contributed by atoms with Crippen molar-refractivity contribution in [3.05, 3.63) is 161 Å². The largest absolute Gasteiger partial charge is 0.437 e. The highest BCUT2D eigenvalue weighted by atomic mass is 16.3. The van der Waals surface area contributed by atoms with Gasteiger partial charge in [0.25, 0.3) is 0 Å². The maximum atomic E-state index is 8.94. The molecule has 0 unspecified atom stereocenters. The SMILES string of the molecule is [2H]C([2H])(c1ccccc1)c1ccc2c(n1)oc1c(-c3nc4c5ccccc5ccc4n3-c3cc4c(cc3C)-c3ccccc3C4(C)C)cccc12. The number of hydrogen-bond donors (Lipinski definition) is 0. The van der Waals surface area contributed by atoms with E-state index >= 15 is 0 Å². The van der Waals surface area contributed by atoms with Crippen molar-refractivity contribution in [1.29, 1.82) is 0 Å². The first-order valence-corrected chi connectivity index (χ1v) is 16.8. The van der Waals surface area contributed by atoms with E-state index in [9.17, 15) is 0 Å². The van der Waals surface area contributed by atoms with E-state index in [1.54, 1.807) is 18.2 Å². The Morgan fingerprint density at radius 1 is 0.673 bits per heavy atom. The zero-order chi connectivity index (χ0) is 34.6. The van der Waals surface area contributed by atoms with Crippen LogP contribution < -0.4 is 0 Å². The molecule has 9 aromatic rings. The van der Waals surface area contributed by atoms with E-state index in [2.05, 4.69) is 104 Å². The van der Waals surface area contributed by atoms with Gasteiger partial charge in [-0.15, -0.1) is 0 Å². The number of furan rings is 1. The van der Waals surface area contributed by atoms with Crippen LogP contribution in [-0.2, 0) is 11.8 Å². The summed E-state index contributed by atoms with van der Waals surface area (Å²) in [6, 6.07) is 45.2. The highest BCUT2D eigenvalue weighted by Gasteiger charge is 2.36. The number of para-hydroxylation sites is 1. The van der Waals surface area contributed by atoms with Crippen molar-refractivity contribution in [2.45, 2.75) is 32.6 Å². The molecule has 0 bridgehead atoms. The normalized spacial score (nSPS) is 14.3. The lowest BCUT2D eigenvalue weighted by Gasteiger charge is -2.23. The molecule has 0 radical (unpaired) electrons. The summed E-state index contributed by atoms with van der Waals surface area (Å²) in [5.74, 6) is 0.780. The summed E-state index contributed by atoms with van der Waals surface area (Å²) in [4.78, 5) is 10.2. The summed E-state index contributed by atoms with van der Waals surface area (Å²) in [5, 5.41) is 3.97. The van der Waals surface area contributed by atoms with Gasteiger partial charge in [-0.3, -0.25) is 4.57 Å². The molecule has 6 aromatic carbocycles. The molecule has 0 atom stereocenters. The van der Waals surface area contributed by atoms with Crippen LogP contribution >= 0.6 is 0 Å². The van der Waals surface area contributed by atoms with Crippen LogP contribution in [-0.4, -0.2) is 14.5 Å². The van der Waals surface area contributed by atoms with E-state index in [1.165, 1.54) is 22.3 Å². The molecule has 4 nitrogen and oxygen atoms in total. The fourth-order valence-electron chi connectivity index (χ4n) is 7.92. The summed E-state index contributed by atoms with van der Waals surface area (Å²) >= 11 is 0. The molecule has 49 heavy (non-hydrogen) atoms. The van der Waals surface area contributed by atoms with Crippen LogP contribution in [0.1, 0.15) is 44.5 Å². The fourth-order valence-corrected chi connectivity index (χ4v) is 7.92. The van der Waals surface area contributed by atoms with Crippen molar-refractivity contribution in [3.63, 3.8) is 0 Å². The lowest BCUT2D eigenvalue weighted by atomic mass is 9.82. The van der Waals surface area contributed by atoms with Crippen molar-refractivity contribution in [3.8, 4) is 28.2 Å². The smallest absolute Gasteiger partial charge is 0.227 e. The number of rotatable bonds is 4. The average molecular weight is 634 g/mol. The van der Waals surface area contributed by atoms with E-state index in [-0.39, 0.29) is 5.41 Å². The molecule has 3 heterocycles. The maximum Gasteiger partial charge on any atom is 0.227 e. The van der Waals surface area contributed by atoms with Crippen molar-refractivity contribution in [1.82, 2.24) is 14.5 Å². The number of hydrogen-bond acceptors (Lipinski definition) is 3. The van der Waals surface area contributed by atoms with E-state index in [4.69, 9.17) is 17.1 Å². The molecule has 0 spiro atoms. The molecule has 3 aromatic heterocycles. The third-order valence-electron chi connectivity index (χ3n) is 10.3. The first kappa shape index (κ1) is 26.0. The number of fused-ring (bicyclic) bond motifs is 9. The summed E-state index contributed by atoms with van der Waals surface area (Å²) in [6.45, 7) is 6.82. The lowest BCUT2D eigenvalue weighted by Crippen LogP contribution is -2.15. The molecule has 10 rings (SSSR count). The number of nitrogens with zero attached hydrogens (tertiary/aromatic N) is 3. The zero-order valence-corrected chi connectivity index (χ0v) is 27.5. The molecular formula is C45H33N3O. The first-order valence-electron chi connectivity index (χ1n) is 17.8. The molecule has 0 saturated heterocycles. The van der Waals surface area contributed by atoms with Gasteiger partial charge in [-0.1, -0.05) is 111 Å². The van der Waals surface area contributed by atoms with E-state index in [0.717, 1.165) is 55.2 Å². The Hall–Kier alpha value is -6.00.